The molecule has 1 amide bonds. The van der Waals surface area contributed by atoms with Crippen molar-refractivity contribution in [3.05, 3.63) is 71.8 Å². The van der Waals surface area contributed by atoms with E-state index in [4.69, 9.17) is 0 Å². The Balaban J connectivity index is 1.98. The van der Waals surface area contributed by atoms with Crippen molar-refractivity contribution in [3.63, 3.8) is 0 Å². The van der Waals surface area contributed by atoms with E-state index >= 15 is 0 Å². The van der Waals surface area contributed by atoms with Gasteiger partial charge < -0.3 is 10.1 Å². The van der Waals surface area contributed by atoms with Crippen LogP contribution in [0.3, 0.4) is 0 Å². The molecular weight excluding hydrogens is 377 g/mol. The first-order valence-electron chi connectivity index (χ1n) is 7.87. The first kappa shape index (κ1) is 19.1. The molecule has 0 atom stereocenters. The van der Waals surface area contributed by atoms with Gasteiger partial charge in [-0.05, 0) is 36.4 Å². The number of carbonyl (C=O) groups excluding carboxylic acids is 2. The van der Waals surface area contributed by atoms with Gasteiger partial charge in [-0.3, -0.25) is 4.79 Å². The average molecular weight is 390 g/mol. The maximum absolute atomic E-state index is 13.1. The molecular formula is C18H13F3N4O3. The van der Waals surface area contributed by atoms with Crippen LogP contribution in [0.15, 0.2) is 54.9 Å². The third kappa shape index (κ3) is 4.00. The fraction of sp³-hybridized carbons (Fsp3) is 0.111. The molecule has 3 aromatic rings. The van der Waals surface area contributed by atoms with Gasteiger partial charge in [0.1, 0.15) is 11.4 Å². The van der Waals surface area contributed by atoms with Crippen LogP contribution < -0.4 is 5.32 Å². The van der Waals surface area contributed by atoms with Crippen LogP contribution in [0.1, 0.15) is 26.5 Å². The van der Waals surface area contributed by atoms with Crippen molar-refractivity contribution in [1.29, 1.82) is 0 Å². The third-order valence-corrected chi connectivity index (χ3v) is 3.70. The molecule has 10 heteroatoms. The summed E-state index contributed by atoms with van der Waals surface area (Å²) in [6.07, 6.45) is -1.62. The van der Waals surface area contributed by atoms with Gasteiger partial charge in [0.05, 0.1) is 24.0 Å². The second-order valence-corrected chi connectivity index (χ2v) is 5.53. The predicted molar refractivity (Wildman–Crippen MR) is 92.1 cm³/mol. The standard InChI is InChI=1S/C18H13F3N4O3/c1-28-17(27)13-5-2-4-12(23-13)16(26)24-14-10-11(18(19,20)21)6-7-15(14)25-9-3-8-22-25/h2-10H,1H3,(H,24,26). The molecule has 0 saturated carbocycles. The number of nitrogens with one attached hydrogen (secondary N) is 1. The molecule has 1 N–H and O–H groups in total. The number of hydrogen-bond acceptors (Lipinski definition) is 5. The fourth-order valence-corrected chi connectivity index (χ4v) is 2.39. The first-order chi connectivity index (χ1) is 13.3. The number of ether oxygens (including phenoxy) is 1. The number of esters is 1. The van der Waals surface area contributed by atoms with Gasteiger partial charge in [0.25, 0.3) is 5.91 Å². The number of methoxy groups -OCH3 is 1. The van der Waals surface area contributed by atoms with Crippen molar-refractivity contribution in [2.45, 2.75) is 6.18 Å². The molecule has 1 aromatic carbocycles. The van der Waals surface area contributed by atoms with Crippen LogP contribution in [-0.2, 0) is 10.9 Å². The molecule has 0 radical (unpaired) electrons. The van der Waals surface area contributed by atoms with Crippen molar-refractivity contribution >= 4 is 17.6 Å². The van der Waals surface area contributed by atoms with Crippen LogP contribution in [0.2, 0.25) is 0 Å². The summed E-state index contributed by atoms with van der Waals surface area (Å²) in [6.45, 7) is 0. The summed E-state index contributed by atoms with van der Waals surface area (Å²) in [5.74, 6) is -1.54. The molecule has 0 saturated heterocycles. The van der Waals surface area contributed by atoms with Crippen molar-refractivity contribution < 1.29 is 27.5 Å². The van der Waals surface area contributed by atoms with Crippen molar-refractivity contribution in [3.8, 4) is 5.69 Å². The lowest BCUT2D eigenvalue weighted by Gasteiger charge is -2.14. The predicted octanol–water partition coefficient (Wildman–Crippen LogP) is 3.33. The van der Waals surface area contributed by atoms with Crippen LogP contribution in [0, 0.1) is 0 Å². The minimum absolute atomic E-state index is 0.105. The van der Waals surface area contributed by atoms with Crippen molar-refractivity contribution in [2.75, 3.05) is 12.4 Å². The lowest BCUT2D eigenvalue weighted by atomic mass is 10.1. The summed E-state index contributed by atoms with van der Waals surface area (Å²) in [4.78, 5) is 28.0. The van der Waals surface area contributed by atoms with E-state index in [0.29, 0.717) is 0 Å². The third-order valence-electron chi connectivity index (χ3n) is 3.70. The number of hydrogen-bond donors (Lipinski definition) is 1. The summed E-state index contributed by atoms with van der Waals surface area (Å²) in [5, 5.41) is 6.37. The van der Waals surface area contributed by atoms with Crippen LogP contribution in [0.25, 0.3) is 5.69 Å². The number of anilines is 1. The summed E-state index contributed by atoms with van der Waals surface area (Å²) < 4.78 is 45.1. The number of benzene rings is 1. The first-order valence-corrected chi connectivity index (χ1v) is 7.87. The van der Waals surface area contributed by atoms with Gasteiger partial charge in [-0.2, -0.15) is 18.3 Å². The Morgan fingerprint density at radius 2 is 1.86 bits per heavy atom. The fourth-order valence-electron chi connectivity index (χ4n) is 2.39. The number of amides is 1. The van der Waals surface area contributed by atoms with E-state index in [2.05, 4.69) is 20.1 Å². The number of rotatable bonds is 4. The topological polar surface area (TPSA) is 86.1 Å². The average Bonchev–Trinajstić information content (AvgIpc) is 3.21. The maximum Gasteiger partial charge on any atom is 0.416 e. The minimum Gasteiger partial charge on any atom is -0.464 e. The lowest BCUT2D eigenvalue weighted by Crippen LogP contribution is -2.18. The smallest absolute Gasteiger partial charge is 0.416 e. The van der Waals surface area contributed by atoms with Gasteiger partial charge >= 0.3 is 12.1 Å². The number of aromatic nitrogens is 3. The molecule has 0 aliphatic carbocycles. The van der Waals surface area contributed by atoms with E-state index in [1.807, 2.05) is 0 Å². The van der Waals surface area contributed by atoms with Crippen LogP contribution >= 0.6 is 0 Å². The molecule has 28 heavy (non-hydrogen) atoms. The summed E-state index contributed by atoms with van der Waals surface area (Å²) in [5.41, 5.74) is -1.09. The van der Waals surface area contributed by atoms with Crippen LogP contribution in [0.5, 0.6) is 0 Å². The second kappa shape index (κ2) is 7.51. The van der Waals surface area contributed by atoms with E-state index in [1.54, 1.807) is 6.07 Å². The maximum atomic E-state index is 13.1. The highest BCUT2D eigenvalue weighted by Crippen LogP contribution is 2.33. The normalized spacial score (nSPS) is 11.1. The van der Waals surface area contributed by atoms with E-state index in [9.17, 15) is 22.8 Å². The van der Waals surface area contributed by atoms with Gasteiger partial charge in [-0.1, -0.05) is 6.07 Å². The molecule has 0 fully saturated rings. The quantitative estimate of drug-likeness (QED) is 0.691. The van der Waals surface area contributed by atoms with Crippen molar-refractivity contribution in [2.24, 2.45) is 0 Å². The Hall–Kier alpha value is -3.69. The molecule has 0 spiro atoms. The molecule has 0 unspecified atom stereocenters. The number of nitrogens with zero attached hydrogens (tertiary/aromatic N) is 3. The van der Waals surface area contributed by atoms with E-state index in [0.717, 1.165) is 19.2 Å². The monoisotopic (exact) mass is 390 g/mol. The highest BCUT2D eigenvalue weighted by Gasteiger charge is 2.31. The molecule has 144 valence electrons. The Morgan fingerprint density at radius 1 is 1.11 bits per heavy atom. The molecule has 0 bridgehead atoms. The summed E-state index contributed by atoms with van der Waals surface area (Å²) in [7, 11) is 1.16. The van der Waals surface area contributed by atoms with Crippen molar-refractivity contribution in [1.82, 2.24) is 14.8 Å². The number of pyridine rings is 1. The number of carbonyl (C=O) groups is 2. The van der Waals surface area contributed by atoms with Crippen LogP contribution in [0.4, 0.5) is 18.9 Å². The lowest BCUT2D eigenvalue weighted by molar-refractivity contribution is -0.137. The van der Waals surface area contributed by atoms with E-state index in [-0.39, 0.29) is 22.8 Å². The molecule has 0 aliphatic rings. The van der Waals surface area contributed by atoms with E-state index < -0.39 is 23.6 Å². The van der Waals surface area contributed by atoms with Gasteiger partial charge in [-0.25, -0.2) is 14.5 Å². The molecule has 7 nitrogen and oxygen atoms in total. The zero-order valence-electron chi connectivity index (χ0n) is 14.4. The molecule has 3 rings (SSSR count). The number of alkyl halides is 3. The van der Waals surface area contributed by atoms with Gasteiger partial charge in [0.2, 0.25) is 0 Å². The highest BCUT2D eigenvalue weighted by molar-refractivity contribution is 6.04. The Labute approximate surface area is 156 Å². The zero-order valence-corrected chi connectivity index (χ0v) is 14.4. The Bertz CT molecular complexity index is 1020. The van der Waals surface area contributed by atoms with Crippen LogP contribution in [-0.4, -0.2) is 33.8 Å². The Morgan fingerprint density at radius 3 is 2.50 bits per heavy atom. The van der Waals surface area contributed by atoms with Gasteiger partial charge in [0, 0.05) is 12.4 Å². The summed E-state index contributed by atoms with van der Waals surface area (Å²) in [6, 6.07) is 8.57. The molecule has 0 aliphatic heterocycles. The number of halogens is 3. The Kier molecular flexibility index (Phi) is 5.12. The largest absolute Gasteiger partial charge is 0.464 e. The molecule has 2 heterocycles. The SMILES string of the molecule is COC(=O)c1cccc(C(=O)Nc2cc(C(F)(F)F)ccc2-n2cccn2)n1. The minimum atomic E-state index is -4.59. The molecule has 2 aromatic heterocycles. The zero-order chi connectivity index (χ0) is 20.3. The highest BCUT2D eigenvalue weighted by atomic mass is 19.4. The summed E-state index contributed by atoms with van der Waals surface area (Å²) >= 11 is 0. The van der Waals surface area contributed by atoms with Gasteiger partial charge in [-0.15, -0.1) is 0 Å². The second-order valence-electron chi connectivity index (χ2n) is 5.53. The van der Waals surface area contributed by atoms with E-state index in [1.165, 1.54) is 41.3 Å². The van der Waals surface area contributed by atoms with Gasteiger partial charge in [0.15, 0.2) is 0 Å².